The molecular formula is C15H11BrN2O2. The van der Waals surface area contributed by atoms with Crippen molar-refractivity contribution in [2.45, 2.75) is 0 Å². The zero-order valence-electron chi connectivity index (χ0n) is 10.4. The molecule has 2 aromatic carbocycles. The Kier molecular flexibility index (Phi) is 3.20. The molecule has 5 heteroatoms. The quantitative estimate of drug-likeness (QED) is 0.668. The van der Waals surface area contributed by atoms with Gasteiger partial charge in [0.05, 0.1) is 5.69 Å². The molecule has 3 rings (SSSR count). The maximum Gasteiger partial charge on any atom is 0.340 e. The molecule has 0 saturated carbocycles. The standard InChI is InChI=1S/C15H11BrN2O2/c16-10-6-2-4-8-12(10)18-14-13(15(19)20)9-5-1-3-7-11(9)17-14/h1-8,17-18H,(H,19,20). The summed E-state index contributed by atoms with van der Waals surface area (Å²) in [5, 5.41) is 13.2. The van der Waals surface area contributed by atoms with Crippen molar-refractivity contribution in [3.05, 3.63) is 58.6 Å². The number of aromatic nitrogens is 1. The van der Waals surface area contributed by atoms with E-state index in [1.807, 2.05) is 42.5 Å². The topological polar surface area (TPSA) is 65.1 Å². The Bertz CT molecular complexity index is 795. The predicted molar refractivity (Wildman–Crippen MR) is 82.7 cm³/mol. The van der Waals surface area contributed by atoms with Crippen LogP contribution in [0.25, 0.3) is 10.9 Å². The Balaban J connectivity index is 2.14. The summed E-state index contributed by atoms with van der Waals surface area (Å²) in [6.07, 6.45) is 0. The molecule has 4 nitrogen and oxygen atoms in total. The van der Waals surface area contributed by atoms with Crippen LogP contribution in [0.15, 0.2) is 53.0 Å². The van der Waals surface area contributed by atoms with E-state index in [4.69, 9.17) is 0 Å². The number of hydrogen-bond donors (Lipinski definition) is 3. The van der Waals surface area contributed by atoms with Gasteiger partial charge in [-0.15, -0.1) is 0 Å². The van der Waals surface area contributed by atoms with Crippen LogP contribution in [0.5, 0.6) is 0 Å². The maximum atomic E-state index is 11.5. The third-order valence-corrected chi connectivity index (χ3v) is 3.74. The second-order valence-corrected chi connectivity index (χ2v) is 5.18. The highest BCUT2D eigenvalue weighted by Gasteiger charge is 2.17. The molecule has 0 spiro atoms. The van der Waals surface area contributed by atoms with E-state index in [9.17, 15) is 9.90 Å². The van der Waals surface area contributed by atoms with Gasteiger partial charge in [0.1, 0.15) is 11.4 Å². The number of nitrogens with one attached hydrogen (secondary N) is 2. The average Bonchev–Trinajstić information content (AvgIpc) is 2.79. The minimum Gasteiger partial charge on any atom is -0.478 e. The summed E-state index contributed by atoms with van der Waals surface area (Å²) in [4.78, 5) is 14.6. The van der Waals surface area contributed by atoms with Gasteiger partial charge in [-0.2, -0.15) is 0 Å². The van der Waals surface area contributed by atoms with Crippen molar-refractivity contribution in [3.8, 4) is 0 Å². The summed E-state index contributed by atoms with van der Waals surface area (Å²) in [6, 6.07) is 14.9. The molecule has 0 aliphatic rings. The largest absolute Gasteiger partial charge is 0.478 e. The number of carboxylic acids is 1. The van der Waals surface area contributed by atoms with Crippen molar-refractivity contribution >= 4 is 44.3 Å². The molecule has 0 aliphatic heterocycles. The van der Waals surface area contributed by atoms with E-state index < -0.39 is 5.97 Å². The summed E-state index contributed by atoms with van der Waals surface area (Å²) >= 11 is 3.44. The Morgan fingerprint density at radius 1 is 1.10 bits per heavy atom. The number of aromatic carboxylic acids is 1. The van der Waals surface area contributed by atoms with Crippen LogP contribution in [0, 0.1) is 0 Å². The lowest BCUT2D eigenvalue weighted by atomic mass is 10.1. The summed E-state index contributed by atoms with van der Waals surface area (Å²) in [5.74, 6) is -0.484. The first-order valence-electron chi connectivity index (χ1n) is 6.02. The van der Waals surface area contributed by atoms with Crippen molar-refractivity contribution < 1.29 is 9.90 Å². The molecule has 3 aromatic rings. The molecule has 0 fully saturated rings. The SMILES string of the molecule is O=C(O)c1c(Nc2ccccc2Br)[nH]c2ccccc12. The number of anilines is 2. The van der Waals surface area contributed by atoms with Crippen molar-refractivity contribution in [2.24, 2.45) is 0 Å². The first kappa shape index (κ1) is 12.7. The van der Waals surface area contributed by atoms with E-state index in [0.29, 0.717) is 11.2 Å². The van der Waals surface area contributed by atoms with Gasteiger partial charge in [0.15, 0.2) is 0 Å². The van der Waals surface area contributed by atoms with Crippen LogP contribution in [-0.4, -0.2) is 16.1 Å². The van der Waals surface area contributed by atoms with Crippen LogP contribution in [0.4, 0.5) is 11.5 Å². The normalized spacial score (nSPS) is 10.7. The lowest BCUT2D eigenvalue weighted by molar-refractivity contribution is 0.0700. The van der Waals surface area contributed by atoms with E-state index in [-0.39, 0.29) is 5.56 Å². The number of H-pyrrole nitrogens is 1. The number of para-hydroxylation sites is 2. The van der Waals surface area contributed by atoms with Crippen molar-refractivity contribution in [2.75, 3.05) is 5.32 Å². The molecule has 0 radical (unpaired) electrons. The van der Waals surface area contributed by atoms with Crippen LogP contribution in [0.3, 0.4) is 0 Å². The van der Waals surface area contributed by atoms with Crippen molar-refractivity contribution in [1.29, 1.82) is 0 Å². The number of hydrogen-bond acceptors (Lipinski definition) is 2. The van der Waals surface area contributed by atoms with Gasteiger partial charge >= 0.3 is 5.97 Å². The molecular weight excluding hydrogens is 320 g/mol. The third kappa shape index (κ3) is 2.16. The molecule has 0 bridgehead atoms. The van der Waals surface area contributed by atoms with Crippen molar-refractivity contribution in [3.63, 3.8) is 0 Å². The van der Waals surface area contributed by atoms with Crippen LogP contribution in [0.1, 0.15) is 10.4 Å². The second-order valence-electron chi connectivity index (χ2n) is 4.33. The van der Waals surface area contributed by atoms with Gasteiger partial charge in [-0.3, -0.25) is 0 Å². The fraction of sp³-hybridized carbons (Fsp3) is 0. The zero-order valence-corrected chi connectivity index (χ0v) is 11.9. The highest BCUT2D eigenvalue weighted by atomic mass is 79.9. The number of halogens is 1. The fourth-order valence-corrected chi connectivity index (χ4v) is 2.54. The zero-order chi connectivity index (χ0) is 14.1. The number of carboxylic acid groups (broad SMARTS) is 1. The smallest absolute Gasteiger partial charge is 0.340 e. The minimum atomic E-state index is -0.961. The van der Waals surface area contributed by atoms with E-state index in [0.717, 1.165) is 15.7 Å². The molecule has 1 heterocycles. The monoisotopic (exact) mass is 330 g/mol. The maximum absolute atomic E-state index is 11.5. The molecule has 0 unspecified atom stereocenters. The van der Waals surface area contributed by atoms with E-state index in [1.54, 1.807) is 6.07 Å². The average molecular weight is 331 g/mol. The van der Waals surface area contributed by atoms with Crippen LogP contribution < -0.4 is 5.32 Å². The Morgan fingerprint density at radius 3 is 2.55 bits per heavy atom. The molecule has 100 valence electrons. The molecule has 0 amide bonds. The number of fused-ring (bicyclic) bond motifs is 1. The van der Waals surface area contributed by atoms with Gasteiger partial charge in [-0.05, 0) is 34.1 Å². The van der Waals surface area contributed by atoms with Gasteiger partial charge in [-0.25, -0.2) is 4.79 Å². The predicted octanol–water partition coefficient (Wildman–Crippen LogP) is 4.37. The van der Waals surface area contributed by atoms with Crippen LogP contribution in [0.2, 0.25) is 0 Å². The molecule has 1 aromatic heterocycles. The summed E-state index contributed by atoms with van der Waals surface area (Å²) in [7, 11) is 0. The van der Waals surface area contributed by atoms with Gasteiger partial charge in [0, 0.05) is 15.4 Å². The number of aromatic amines is 1. The lowest BCUT2D eigenvalue weighted by Gasteiger charge is -2.07. The van der Waals surface area contributed by atoms with E-state index in [1.165, 1.54) is 0 Å². The van der Waals surface area contributed by atoms with Gasteiger partial charge in [0.25, 0.3) is 0 Å². The molecule has 0 saturated heterocycles. The highest BCUT2D eigenvalue weighted by molar-refractivity contribution is 9.10. The summed E-state index contributed by atoms with van der Waals surface area (Å²) in [5.41, 5.74) is 1.84. The molecule has 0 aliphatic carbocycles. The van der Waals surface area contributed by atoms with E-state index >= 15 is 0 Å². The highest BCUT2D eigenvalue weighted by Crippen LogP contribution is 2.31. The number of rotatable bonds is 3. The van der Waals surface area contributed by atoms with Gasteiger partial charge < -0.3 is 15.4 Å². The molecule has 20 heavy (non-hydrogen) atoms. The van der Waals surface area contributed by atoms with Crippen LogP contribution in [-0.2, 0) is 0 Å². The Labute approximate surface area is 123 Å². The Hall–Kier alpha value is -2.27. The molecule has 3 N–H and O–H groups in total. The minimum absolute atomic E-state index is 0.247. The first-order valence-corrected chi connectivity index (χ1v) is 6.81. The van der Waals surface area contributed by atoms with Gasteiger partial charge in [-0.1, -0.05) is 30.3 Å². The lowest BCUT2D eigenvalue weighted by Crippen LogP contribution is -2.01. The van der Waals surface area contributed by atoms with Crippen molar-refractivity contribution in [1.82, 2.24) is 4.98 Å². The number of carbonyl (C=O) groups is 1. The Morgan fingerprint density at radius 2 is 1.80 bits per heavy atom. The number of benzene rings is 2. The van der Waals surface area contributed by atoms with Crippen LogP contribution >= 0.6 is 15.9 Å². The summed E-state index contributed by atoms with van der Waals surface area (Å²) in [6.45, 7) is 0. The van der Waals surface area contributed by atoms with Gasteiger partial charge in [0.2, 0.25) is 0 Å². The fourth-order valence-electron chi connectivity index (χ4n) is 2.16. The molecule has 0 atom stereocenters. The third-order valence-electron chi connectivity index (χ3n) is 3.05. The van der Waals surface area contributed by atoms with E-state index in [2.05, 4.69) is 26.2 Å². The second kappa shape index (κ2) is 5.02. The first-order chi connectivity index (χ1) is 9.66. The summed E-state index contributed by atoms with van der Waals surface area (Å²) < 4.78 is 0.870.